The highest BCUT2D eigenvalue weighted by atomic mass is 127. The maximum Gasteiger partial charge on any atom is 0.0175 e. The van der Waals surface area contributed by atoms with Crippen LogP contribution >= 0.6 is 38.5 Å². The van der Waals surface area contributed by atoms with Crippen molar-refractivity contribution in [1.29, 1.82) is 0 Å². The molecule has 0 amide bonds. The summed E-state index contributed by atoms with van der Waals surface area (Å²) in [5.41, 5.74) is 1.45. The van der Waals surface area contributed by atoms with Crippen LogP contribution in [0, 0.1) is 0 Å². The molecule has 0 aliphatic carbocycles. The van der Waals surface area contributed by atoms with E-state index < -0.39 is 0 Å². The molecule has 0 fully saturated rings. The Morgan fingerprint density at radius 2 is 1.75 bits per heavy atom. The minimum absolute atomic E-state index is 1.17. The maximum absolute atomic E-state index is 3.43. The van der Waals surface area contributed by atoms with Crippen LogP contribution in [0.4, 0.5) is 0 Å². The van der Waals surface area contributed by atoms with Crippen molar-refractivity contribution in [3.05, 3.63) is 34.3 Å². The molecule has 0 aromatic heterocycles. The molecule has 1 rings (SSSR count). The van der Waals surface area contributed by atoms with E-state index in [-0.39, 0.29) is 0 Å². The quantitative estimate of drug-likeness (QED) is 0.438. The van der Waals surface area contributed by atoms with Gasteiger partial charge in [-0.05, 0) is 41.4 Å². The molecule has 1 aromatic rings. The van der Waals surface area contributed by atoms with E-state index in [0.29, 0.717) is 0 Å². The summed E-state index contributed by atoms with van der Waals surface area (Å²) in [5, 5.41) is 0. The van der Waals surface area contributed by atoms with Crippen LogP contribution in [0.3, 0.4) is 0 Å². The smallest absolute Gasteiger partial charge is 0.0175 e. The molecule has 0 radical (unpaired) electrons. The summed E-state index contributed by atoms with van der Waals surface area (Å²) < 4.78 is 2.44. The van der Waals surface area contributed by atoms with Crippen molar-refractivity contribution in [3.63, 3.8) is 0 Å². The molecule has 0 N–H and O–H groups in total. The molecule has 0 saturated carbocycles. The number of hydrogen-bond donors (Lipinski definition) is 0. The fourth-order valence-electron chi connectivity index (χ4n) is 1.07. The SMILES string of the molecule is Brc1ccc(CCCCI)cc1. The molecule has 0 spiro atoms. The molecule has 0 atom stereocenters. The predicted molar refractivity (Wildman–Crippen MR) is 66.0 cm³/mol. The Morgan fingerprint density at radius 1 is 1.08 bits per heavy atom. The number of benzene rings is 1. The van der Waals surface area contributed by atoms with Crippen molar-refractivity contribution in [2.45, 2.75) is 19.3 Å². The van der Waals surface area contributed by atoms with E-state index in [9.17, 15) is 0 Å². The third-order valence-corrected chi connectivity index (χ3v) is 3.05. The van der Waals surface area contributed by atoms with Crippen molar-refractivity contribution in [2.24, 2.45) is 0 Å². The van der Waals surface area contributed by atoms with Gasteiger partial charge in [-0.2, -0.15) is 0 Å². The third kappa shape index (κ3) is 3.90. The van der Waals surface area contributed by atoms with E-state index in [2.05, 4.69) is 62.8 Å². The van der Waals surface area contributed by atoms with E-state index in [1.807, 2.05) is 0 Å². The molecule has 0 bridgehead atoms. The number of halogens is 2. The number of hydrogen-bond acceptors (Lipinski definition) is 0. The van der Waals surface area contributed by atoms with Crippen LogP contribution < -0.4 is 0 Å². The molecule has 0 unspecified atom stereocenters. The Hall–Kier alpha value is 0.430. The number of aryl methyl sites for hydroxylation is 1. The highest BCUT2D eigenvalue weighted by molar-refractivity contribution is 14.1. The lowest BCUT2D eigenvalue weighted by molar-refractivity contribution is 0.809. The van der Waals surface area contributed by atoms with Crippen LogP contribution in [0.25, 0.3) is 0 Å². The van der Waals surface area contributed by atoms with Gasteiger partial charge in [0.2, 0.25) is 0 Å². The summed E-state index contributed by atoms with van der Waals surface area (Å²) in [6.07, 6.45) is 3.86. The summed E-state index contributed by atoms with van der Waals surface area (Å²) in [5.74, 6) is 0. The summed E-state index contributed by atoms with van der Waals surface area (Å²) in [6.45, 7) is 0. The fraction of sp³-hybridized carbons (Fsp3) is 0.400. The van der Waals surface area contributed by atoms with Gasteiger partial charge in [-0.15, -0.1) is 0 Å². The van der Waals surface area contributed by atoms with Crippen LogP contribution in [-0.4, -0.2) is 4.43 Å². The summed E-state index contributed by atoms with van der Waals surface area (Å²) >= 11 is 5.85. The zero-order chi connectivity index (χ0) is 8.81. The van der Waals surface area contributed by atoms with Gasteiger partial charge in [-0.3, -0.25) is 0 Å². The molecule has 0 aliphatic heterocycles. The lowest BCUT2D eigenvalue weighted by Crippen LogP contribution is -1.85. The molecule has 0 saturated heterocycles. The highest BCUT2D eigenvalue weighted by Crippen LogP contribution is 2.12. The van der Waals surface area contributed by atoms with Crippen LogP contribution in [0.2, 0.25) is 0 Å². The first-order chi connectivity index (χ1) is 5.83. The van der Waals surface area contributed by atoms with Gasteiger partial charge in [0.05, 0.1) is 0 Å². The first kappa shape index (κ1) is 10.5. The summed E-state index contributed by atoms with van der Waals surface area (Å²) in [6, 6.07) is 8.60. The number of unbranched alkanes of at least 4 members (excludes halogenated alkanes) is 1. The Balaban J connectivity index is 2.37. The lowest BCUT2D eigenvalue weighted by Gasteiger charge is -1.99. The van der Waals surface area contributed by atoms with Gasteiger partial charge in [0.1, 0.15) is 0 Å². The molecule has 66 valence electrons. The molecule has 2 heteroatoms. The van der Waals surface area contributed by atoms with E-state index >= 15 is 0 Å². The Labute approximate surface area is 96.0 Å². The van der Waals surface area contributed by atoms with Crippen LogP contribution in [0.15, 0.2) is 28.7 Å². The van der Waals surface area contributed by atoms with E-state index in [0.717, 1.165) is 0 Å². The van der Waals surface area contributed by atoms with Crippen LogP contribution in [-0.2, 0) is 6.42 Å². The minimum atomic E-state index is 1.17. The van der Waals surface area contributed by atoms with Gasteiger partial charge in [-0.1, -0.05) is 50.7 Å². The van der Waals surface area contributed by atoms with E-state index in [1.54, 1.807) is 0 Å². The normalized spacial score (nSPS) is 10.2. The molecule has 0 aliphatic rings. The summed E-state index contributed by atoms with van der Waals surface area (Å²) in [7, 11) is 0. The zero-order valence-electron chi connectivity index (χ0n) is 6.89. The predicted octanol–water partition coefficient (Wildman–Crippen LogP) is 4.21. The first-order valence-electron chi connectivity index (χ1n) is 4.13. The zero-order valence-corrected chi connectivity index (χ0v) is 10.6. The number of alkyl halides is 1. The van der Waals surface area contributed by atoms with Crippen molar-refractivity contribution in [3.8, 4) is 0 Å². The second-order valence-corrected chi connectivity index (χ2v) is 4.77. The van der Waals surface area contributed by atoms with Gasteiger partial charge >= 0.3 is 0 Å². The standard InChI is InChI=1S/C10H12BrI/c11-10-6-4-9(5-7-10)3-1-2-8-12/h4-7H,1-3,8H2. The second kappa shape index (κ2) is 5.97. The van der Waals surface area contributed by atoms with Gasteiger partial charge < -0.3 is 0 Å². The Kier molecular flexibility index (Phi) is 5.23. The van der Waals surface area contributed by atoms with Gasteiger partial charge in [-0.25, -0.2) is 0 Å². The Morgan fingerprint density at radius 3 is 2.33 bits per heavy atom. The van der Waals surface area contributed by atoms with Crippen LogP contribution in [0.5, 0.6) is 0 Å². The molecular formula is C10H12BrI. The van der Waals surface area contributed by atoms with Crippen LogP contribution in [0.1, 0.15) is 18.4 Å². The lowest BCUT2D eigenvalue weighted by atomic mass is 10.1. The molecule has 0 heterocycles. The van der Waals surface area contributed by atoms with Gasteiger partial charge in [0, 0.05) is 4.47 Å². The largest absolute Gasteiger partial charge is 0.0864 e. The first-order valence-corrected chi connectivity index (χ1v) is 6.45. The average molecular weight is 339 g/mol. The van der Waals surface area contributed by atoms with Crippen molar-refractivity contribution < 1.29 is 0 Å². The van der Waals surface area contributed by atoms with E-state index in [1.165, 1.54) is 33.7 Å². The Bertz CT molecular complexity index is 218. The fourth-order valence-corrected chi connectivity index (χ4v) is 1.88. The topological polar surface area (TPSA) is 0 Å². The summed E-state index contributed by atoms with van der Waals surface area (Å²) in [4.78, 5) is 0. The highest BCUT2D eigenvalue weighted by Gasteiger charge is 1.92. The van der Waals surface area contributed by atoms with Crippen molar-refractivity contribution >= 4 is 38.5 Å². The molecular weight excluding hydrogens is 327 g/mol. The molecule has 0 nitrogen and oxygen atoms in total. The van der Waals surface area contributed by atoms with E-state index in [4.69, 9.17) is 0 Å². The second-order valence-electron chi connectivity index (χ2n) is 2.77. The number of rotatable bonds is 4. The van der Waals surface area contributed by atoms with Gasteiger partial charge in [0.15, 0.2) is 0 Å². The molecule has 1 aromatic carbocycles. The third-order valence-electron chi connectivity index (χ3n) is 1.76. The minimum Gasteiger partial charge on any atom is -0.0864 e. The maximum atomic E-state index is 3.43. The average Bonchev–Trinajstić information content (AvgIpc) is 2.09. The van der Waals surface area contributed by atoms with Crippen molar-refractivity contribution in [2.75, 3.05) is 4.43 Å². The van der Waals surface area contributed by atoms with Crippen molar-refractivity contribution in [1.82, 2.24) is 0 Å². The monoisotopic (exact) mass is 338 g/mol. The van der Waals surface area contributed by atoms with Gasteiger partial charge in [0.25, 0.3) is 0 Å². The molecule has 12 heavy (non-hydrogen) atoms.